The summed E-state index contributed by atoms with van der Waals surface area (Å²) < 4.78 is 11.5. The molecule has 0 heterocycles. The van der Waals surface area contributed by atoms with Crippen LogP contribution in [-0.2, 0) is 9.05 Å². The van der Waals surface area contributed by atoms with Crippen LogP contribution in [0.5, 0.6) is 0 Å². The second-order valence-corrected chi connectivity index (χ2v) is 10.2. The second-order valence-electron chi connectivity index (χ2n) is 9.22. The lowest BCUT2D eigenvalue weighted by Crippen LogP contribution is -2.37. The van der Waals surface area contributed by atoms with Gasteiger partial charge in [-0.15, -0.1) is 0 Å². The molecule has 0 spiro atoms. The Labute approximate surface area is 178 Å². The zero-order valence-corrected chi connectivity index (χ0v) is 20.5. The molecule has 0 aromatic rings. The minimum Gasteiger partial charge on any atom is -0.329 e. The van der Waals surface area contributed by atoms with E-state index in [1.54, 1.807) is 0 Å². The molecule has 0 aromatic carbocycles. The quantitative estimate of drug-likeness (QED) is 0.114. The Morgan fingerprint density at radius 2 is 0.929 bits per heavy atom. The standard InChI is InChI=1S/C23H51NO3P/c1-5-6-7-8-9-10-11-12-13-14-15-16-17-18-19-20-22-26-28(25)27-23-21-24(2,3)4/h25H,5-23H2,1-4H3/q+1. The topological polar surface area (TPSA) is 38.7 Å². The summed E-state index contributed by atoms with van der Waals surface area (Å²) in [6.45, 7) is 4.32. The fourth-order valence-corrected chi connectivity index (χ4v) is 3.82. The van der Waals surface area contributed by atoms with Crippen molar-refractivity contribution in [2.24, 2.45) is 0 Å². The van der Waals surface area contributed by atoms with Crippen molar-refractivity contribution in [3.63, 3.8) is 0 Å². The second kappa shape index (κ2) is 20.5. The van der Waals surface area contributed by atoms with Crippen LogP contribution in [0, 0.1) is 0 Å². The summed E-state index contributed by atoms with van der Waals surface area (Å²) in [5.41, 5.74) is 0. The first kappa shape index (κ1) is 28.3. The highest BCUT2D eigenvalue weighted by Gasteiger charge is 2.11. The minimum absolute atomic E-state index is 0.546. The van der Waals surface area contributed by atoms with Crippen molar-refractivity contribution in [2.45, 2.75) is 110 Å². The van der Waals surface area contributed by atoms with Crippen LogP contribution in [0.1, 0.15) is 110 Å². The van der Waals surface area contributed by atoms with E-state index in [4.69, 9.17) is 9.05 Å². The highest BCUT2D eigenvalue weighted by molar-refractivity contribution is 7.40. The molecule has 0 bridgehead atoms. The molecule has 0 aromatic heterocycles. The fraction of sp³-hybridized carbons (Fsp3) is 1.00. The SMILES string of the molecule is CCCCCCCCCCCCCCCCCCOP(O)OCC[N+](C)(C)C. The first-order chi connectivity index (χ1) is 13.5. The van der Waals surface area contributed by atoms with Gasteiger partial charge >= 0.3 is 8.60 Å². The maximum atomic E-state index is 9.68. The summed E-state index contributed by atoms with van der Waals surface area (Å²) in [6, 6.07) is 0. The molecule has 0 saturated carbocycles. The highest BCUT2D eigenvalue weighted by Crippen LogP contribution is 2.32. The number of hydrogen-bond acceptors (Lipinski definition) is 3. The van der Waals surface area contributed by atoms with Crippen LogP contribution in [0.2, 0.25) is 0 Å². The van der Waals surface area contributed by atoms with E-state index in [0.29, 0.717) is 13.2 Å². The molecule has 1 unspecified atom stereocenters. The lowest BCUT2D eigenvalue weighted by molar-refractivity contribution is -0.870. The third kappa shape index (κ3) is 24.3. The Hall–Kier alpha value is 0.270. The lowest BCUT2D eigenvalue weighted by Gasteiger charge is -2.23. The van der Waals surface area contributed by atoms with Gasteiger partial charge in [0.05, 0.1) is 27.7 Å². The summed E-state index contributed by atoms with van der Waals surface area (Å²) in [5, 5.41) is 0. The van der Waals surface area contributed by atoms with Crippen LogP contribution in [0.25, 0.3) is 0 Å². The molecular formula is C23H51NO3P+. The Bertz CT molecular complexity index is 311. The maximum Gasteiger partial charge on any atom is 0.330 e. The van der Waals surface area contributed by atoms with E-state index in [0.717, 1.165) is 17.4 Å². The molecule has 5 heteroatoms. The third-order valence-corrected chi connectivity index (χ3v) is 5.97. The summed E-state index contributed by atoms with van der Waals surface area (Å²) in [7, 11) is 4.65. The van der Waals surface area contributed by atoms with Gasteiger partial charge in [0.15, 0.2) is 0 Å². The molecule has 1 N–H and O–H groups in total. The molecule has 0 rings (SSSR count). The molecule has 28 heavy (non-hydrogen) atoms. The molecule has 170 valence electrons. The molecule has 0 radical (unpaired) electrons. The number of hydrogen-bond donors (Lipinski definition) is 1. The van der Waals surface area contributed by atoms with Crippen LogP contribution in [0.3, 0.4) is 0 Å². The molecule has 0 saturated heterocycles. The van der Waals surface area contributed by atoms with Crippen LogP contribution >= 0.6 is 8.60 Å². The number of likely N-dealkylation sites (N-methyl/N-ethyl adjacent to an activating group) is 1. The zero-order valence-electron chi connectivity index (χ0n) is 19.6. The van der Waals surface area contributed by atoms with Gasteiger partial charge < -0.3 is 18.4 Å². The van der Waals surface area contributed by atoms with Gasteiger partial charge in [0.2, 0.25) is 0 Å². The number of nitrogens with zero attached hydrogens (tertiary/aromatic N) is 1. The van der Waals surface area contributed by atoms with Crippen molar-refractivity contribution in [1.29, 1.82) is 0 Å². The van der Waals surface area contributed by atoms with Crippen LogP contribution in [-0.4, -0.2) is 50.3 Å². The van der Waals surface area contributed by atoms with Gasteiger partial charge in [-0.05, 0) is 6.42 Å². The van der Waals surface area contributed by atoms with Crippen LogP contribution in [0.15, 0.2) is 0 Å². The van der Waals surface area contributed by atoms with E-state index >= 15 is 0 Å². The molecule has 0 aliphatic carbocycles. The minimum atomic E-state index is -1.69. The average molecular weight is 421 g/mol. The smallest absolute Gasteiger partial charge is 0.329 e. The average Bonchev–Trinajstić information content (AvgIpc) is 2.63. The summed E-state index contributed by atoms with van der Waals surface area (Å²) in [4.78, 5) is 9.68. The van der Waals surface area contributed by atoms with Crippen molar-refractivity contribution < 1.29 is 18.4 Å². The van der Waals surface area contributed by atoms with Crippen molar-refractivity contribution in [1.82, 2.24) is 0 Å². The van der Waals surface area contributed by atoms with Crippen molar-refractivity contribution in [3.8, 4) is 0 Å². The van der Waals surface area contributed by atoms with E-state index in [2.05, 4.69) is 28.1 Å². The largest absolute Gasteiger partial charge is 0.330 e. The third-order valence-electron chi connectivity index (χ3n) is 5.16. The molecule has 0 aliphatic heterocycles. The van der Waals surface area contributed by atoms with E-state index in [1.807, 2.05) is 0 Å². The van der Waals surface area contributed by atoms with Gasteiger partial charge in [-0.1, -0.05) is 103 Å². The normalized spacial score (nSPS) is 13.2. The van der Waals surface area contributed by atoms with Gasteiger partial charge in [-0.25, -0.2) is 0 Å². The fourth-order valence-electron chi connectivity index (χ4n) is 3.22. The lowest BCUT2D eigenvalue weighted by atomic mass is 10.0. The summed E-state index contributed by atoms with van der Waals surface area (Å²) >= 11 is 0. The molecule has 0 amide bonds. The van der Waals surface area contributed by atoms with Gasteiger partial charge in [-0.2, -0.15) is 0 Å². The predicted molar refractivity (Wildman–Crippen MR) is 123 cm³/mol. The van der Waals surface area contributed by atoms with Crippen molar-refractivity contribution >= 4 is 8.60 Å². The Morgan fingerprint density at radius 3 is 1.32 bits per heavy atom. The first-order valence-corrected chi connectivity index (χ1v) is 13.1. The molecule has 0 aliphatic rings. The van der Waals surface area contributed by atoms with Gasteiger partial charge in [0.25, 0.3) is 0 Å². The molecule has 4 nitrogen and oxygen atoms in total. The van der Waals surface area contributed by atoms with E-state index in [-0.39, 0.29) is 0 Å². The Balaban J connectivity index is 3.14. The first-order valence-electron chi connectivity index (χ1n) is 12.0. The maximum absolute atomic E-state index is 9.68. The predicted octanol–water partition coefficient (Wildman–Crippen LogP) is 7.21. The van der Waals surface area contributed by atoms with E-state index in [9.17, 15) is 4.89 Å². The van der Waals surface area contributed by atoms with E-state index in [1.165, 1.54) is 96.3 Å². The number of quaternary nitrogens is 1. The monoisotopic (exact) mass is 420 g/mol. The molecule has 1 atom stereocenters. The summed E-state index contributed by atoms with van der Waals surface area (Å²) in [5.74, 6) is 0. The molecular weight excluding hydrogens is 369 g/mol. The molecule has 0 fully saturated rings. The number of rotatable bonds is 22. The Kier molecular flexibility index (Phi) is 20.7. The number of unbranched alkanes of at least 4 members (excludes halogenated alkanes) is 15. The van der Waals surface area contributed by atoms with Gasteiger partial charge in [0, 0.05) is 0 Å². The van der Waals surface area contributed by atoms with Crippen molar-refractivity contribution in [3.05, 3.63) is 0 Å². The summed E-state index contributed by atoms with van der Waals surface area (Å²) in [6.07, 6.45) is 21.9. The highest BCUT2D eigenvalue weighted by atomic mass is 31.2. The Morgan fingerprint density at radius 1 is 0.571 bits per heavy atom. The van der Waals surface area contributed by atoms with Crippen LogP contribution < -0.4 is 0 Å². The zero-order chi connectivity index (χ0) is 20.9. The van der Waals surface area contributed by atoms with Crippen molar-refractivity contribution in [2.75, 3.05) is 40.9 Å². The van der Waals surface area contributed by atoms with Gasteiger partial charge in [0.1, 0.15) is 13.2 Å². The van der Waals surface area contributed by atoms with Gasteiger partial charge in [-0.3, -0.25) is 0 Å². The van der Waals surface area contributed by atoms with E-state index < -0.39 is 8.60 Å². The van der Waals surface area contributed by atoms with Crippen LogP contribution in [0.4, 0.5) is 0 Å².